The molecule has 266 valence electrons. The van der Waals surface area contributed by atoms with Gasteiger partial charge in [0.2, 0.25) is 0 Å². The maximum absolute atomic E-state index is 13.1. The topological polar surface area (TPSA) is 137 Å². The van der Waals surface area contributed by atoms with Gasteiger partial charge in [-0.2, -0.15) is 4.80 Å². The highest BCUT2D eigenvalue weighted by Crippen LogP contribution is 2.38. The van der Waals surface area contributed by atoms with E-state index < -0.39 is 23.4 Å². The number of carbonyl (C=O) groups is 1. The van der Waals surface area contributed by atoms with Crippen molar-refractivity contribution in [2.75, 3.05) is 69.4 Å². The zero-order valence-corrected chi connectivity index (χ0v) is 29.2. The molecule has 6 rings (SSSR count). The highest BCUT2D eigenvalue weighted by atomic mass is 16.6. The molecule has 0 unspecified atom stereocenters. The second kappa shape index (κ2) is 14.8. The number of aryl methyl sites for hydroxylation is 1. The van der Waals surface area contributed by atoms with Gasteiger partial charge in [-0.05, 0) is 67.8 Å². The summed E-state index contributed by atoms with van der Waals surface area (Å²) in [5, 5.41) is 24.6. The quantitative estimate of drug-likeness (QED) is 0.297. The molecule has 1 aromatic heterocycles. The monoisotopic (exact) mass is 679 g/mol. The molecule has 2 fully saturated rings. The molecule has 0 radical (unpaired) electrons. The number of ether oxygens (including phenoxy) is 5. The number of aromatic nitrogens is 4. The number of methoxy groups -OCH3 is 1. The van der Waals surface area contributed by atoms with Gasteiger partial charge < -0.3 is 43.5 Å². The van der Waals surface area contributed by atoms with Crippen molar-refractivity contribution < 1.29 is 33.6 Å². The number of amides is 1. The van der Waals surface area contributed by atoms with Crippen LogP contribution in [0.1, 0.15) is 51.2 Å². The molecule has 14 heteroatoms. The van der Waals surface area contributed by atoms with Gasteiger partial charge in [0.15, 0.2) is 0 Å². The molecule has 2 saturated heterocycles. The Kier molecular flexibility index (Phi) is 10.5. The predicted molar refractivity (Wildman–Crippen MR) is 182 cm³/mol. The van der Waals surface area contributed by atoms with Crippen molar-refractivity contribution in [3.8, 4) is 11.5 Å². The number of tetrazole rings is 1. The van der Waals surface area contributed by atoms with E-state index in [1.165, 1.54) is 4.80 Å². The molecule has 0 bridgehead atoms. The Balaban J connectivity index is 1.16. The van der Waals surface area contributed by atoms with Crippen LogP contribution in [0.15, 0.2) is 42.5 Å². The lowest BCUT2D eigenvalue weighted by atomic mass is 9.82. The molecule has 0 spiro atoms. The van der Waals surface area contributed by atoms with E-state index in [2.05, 4.69) is 31.3 Å². The minimum atomic E-state index is -1.34. The number of hydrogen-bond donors (Lipinski definition) is 1. The van der Waals surface area contributed by atoms with Gasteiger partial charge in [0.1, 0.15) is 41.5 Å². The van der Waals surface area contributed by atoms with Crippen LogP contribution >= 0.6 is 0 Å². The summed E-state index contributed by atoms with van der Waals surface area (Å²) in [4.78, 5) is 20.6. The van der Waals surface area contributed by atoms with Crippen molar-refractivity contribution in [3.63, 3.8) is 0 Å². The van der Waals surface area contributed by atoms with Gasteiger partial charge in [0, 0.05) is 46.2 Å². The van der Waals surface area contributed by atoms with Crippen LogP contribution in [-0.4, -0.2) is 114 Å². The Morgan fingerprint density at radius 3 is 2.65 bits per heavy atom. The largest absolute Gasteiger partial charge is 0.490 e. The fourth-order valence-corrected chi connectivity index (χ4v) is 6.58. The van der Waals surface area contributed by atoms with Gasteiger partial charge in [0.05, 0.1) is 39.0 Å². The molecule has 3 aliphatic heterocycles. The Morgan fingerprint density at radius 1 is 1.10 bits per heavy atom. The van der Waals surface area contributed by atoms with Crippen molar-refractivity contribution >= 4 is 17.7 Å². The molecule has 49 heavy (non-hydrogen) atoms. The molecular weight excluding hydrogens is 630 g/mol. The number of hydrogen-bond acceptors (Lipinski definition) is 12. The van der Waals surface area contributed by atoms with Crippen LogP contribution in [0.25, 0.3) is 0 Å². The third-order valence-corrected chi connectivity index (χ3v) is 9.13. The van der Waals surface area contributed by atoms with Gasteiger partial charge >= 0.3 is 6.09 Å². The summed E-state index contributed by atoms with van der Waals surface area (Å²) in [6, 6.07) is 13.6. The van der Waals surface area contributed by atoms with E-state index in [4.69, 9.17) is 23.7 Å². The number of aliphatic hydroxyl groups is 1. The van der Waals surface area contributed by atoms with E-state index in [1.54, 1.807) is 19.1 Å². The van der Waals surface area contributed by atoms with E-state index in [0.29, 0.717) is 43.6 Å². The van der Waals surface area contributed by atoms with Crippen LogP contribution in [0.4, 0.5) is 16.4 Å². The number of likely N-dealkylation sites (tertiary alicyclic amines) is 1. The van der Waals surface area contributed by atoms with Crippen LogP contribution in [0, 0.1) is 0 Å². The zero-order chi connectivity index (χ0) is 34.6. The van der Waals surface area contributed by atoms with Gasteiger partial charge in [-0.25, -0.2) is 4.79 Å². The second-order valence-electron chi connectivity index (χ2n) is 14.0. The molecule has 1 N–H and O–H groups in total. The normalized spacial score (nSPS) is 22.5. The van der Waals surface area contributed by atoms with Crippen LogP contribution in [0.2, 0.25) is 0 Å². The standard InChI is InChI=1S/C35H49N7O7/c1-34(2,3)49-33(43)42-17-14-35(44,26-8-10-27(11-9-26)48-28-13-16-41(22-28)32-36-38-39(4)37-32)31(23-42)47-24-25-7-12-30-29(21-25)40(18-20-46-30)15-6-19-45-5/h7-12,21,28,31,44H,6,13-20,22-24H2,1-5H3/t28-,31-,35-/m0/s1. The number of benzene rings is 2. The van der Waals surface area contributed by atoms with Crippen molar-refractivity contribution in [2.24, 2.45) is 7.05 Å². The molecule has 1 amide bonds. The average molecular weight is 680 g/mol. The van der Waals surface area contributed by atoms with Crippen LogP contribution in [-0.2, 0) is 33.5 Å². The van der Waals surface area contributed by atoms with Crippen molar-refractivity contribution in [1.82, 2.24) is 25.1 Å². The van der Waals surface area contributed by atoms with E-state index in [1.807, 2.05) is 57.2 Å². The maximum atomic E-state index is 13.1. The van der Waals surface area contributed by atoms with Crippen molar-refractivity contribution in [1.29, 1.82) is 0 Å². The first-order valence-corrected chi connectivity index (χ1v) is 17.1. The highest BCUT2D eigenvalue weighted by molar-refractivity contribution is 5.68. The second-order valence-corrected chi connectivity index (χ2v) is 14.0. The number of fused-ring (bicyclic) bond motifs is 1. The fraction of sp³-hybridized carbons (Fsp3) is 0.600. The van der Waals surface area contributed by atoms with Crippen LogP contribution in [0.3, 0.4) is 0 Å². The molecule has 3 atom stereocenters. The molecule has 4 heterocycles. The third kappa shape index (κ3) is 8.36. The highest BCUT2D eigenvalue weighted by Gasteiger charge is 2.46. The maximum Gasteiger partial charge on any atom is 0.410 e. The molecule has 2 aromatic carbocycles. The number of rotatable bonds is 11. The molecule has 3 aromatic rings. The van der Waals surface area contributed by atoms with Crippen molar-refractivity contribution in [3.05, 3.63) is 53.6 Å². The van der Waals surface area contributed by atoms with Gasteiger partial charge in [-0.1, -0.05) is 23.3 Å². The van der Waals surface area contributed by atoms with Crippen LogP contribution in [0.5, 0.6) is 11.5 Å². The fourth-order valence-electron chi connectivity index (χ4n) is 6.58. The SMILES string of the molecule is COCCCN1CCOc2ccc(CO[C@H]3CN(C(=O)OC(C)(C)C)CC[C@]3(O)c3ccc(O[C@H]4CCN(c5nnn(C)n5)C4)cc3)cc21. The van der Waals surface area contributed by atoms with E-state index in [0.717, 1.165) is 49.5 Å². The van der Waals surface area contributed by atoms with Crippen molar-refractivity contribution in [2.45, 2.75) is 70.1 Å². The van der Waals surface area contributed by atoms with Gasteiger partial charge in [-0.3, -0.25) is 0 Å². The predicted octanol–water partition coefficient (Wildman–Crippen LogP) is 3.52. The number of anilines is 2. The summed E-state index contributed by atoms with van der Waals surface area (Å²) >= 11 is 0. The molecular formula is C35H49N7O7. The summed E-state index contributed by atoms with van der Waals surface area (Å²) in [6.45, 7) is 10.7. The lowest BCUT2D eigenvalue weighted by Gasteiger charge is -2.44. The third-order valence-electron chi connectivity index (χ3n) is 9.13. The lowest BCUT2D eigenvalue weighted by Crippen LogP contribution is -2.56. The minimum absolute atomic E-state index is 0.0242. The molecule has 0 aliphatic carbocycles. The first kappa shape index (κ1) is 34.7. The smallest absolute Gasteiger partial charge is 0.410 e. The summed E-state index contributed by atoms with van der Waals surface area (Å²) in [7, 11) is 3.46. The Morgan fingerprint density at radius 2 is 1.92 bits per heavy atom. The Labute approximate surface area is 287 Å². The molecule has 14 nitrogen and oxygen atoms in total. The summed E-state index contributed by atoms with van der Waals surface area (Å²) in [5.74, 6) is 2.15. The van der Waals surface area contributed by atoms with E-state index in [-0.39, 0.29) is 25.7 Å². The summed E-state index contributed by atoms with van der Waals surface area (Å²) in [5.41, 5.74) is 0.685. The average Bonchev–Trinajstić information content (AvgIpc) is 3.73. The Bertz CT molecular complexity index is 1560. The van der Waals surface area contributed by atoms with E-state index in [9.17, 15) is 9.90 Å². The molecule has 3 aliphatic rings. The minimum Gasteiger partial charge on any atom is -0.490 e. The number of piperidine rings is 1. The summed E-state index contributed by atoms with van der Waals surface area (Å²) in [6.07, 6.45) is 0.866. The van der Waals surface area contributed by atoms with Gasteiger partial charge in [0.25, 0.3) is 5.95 Å². The molecule has 0 saturated carbocycles. The first-order valence-electron chi connectivity index (χ1n) is 17.1. The Hall–Kier alpha value is -4.14. The first-order chi connectivity index (χ1) is 23.5. The van der Waals surface area contributed by atoms with E-state index >= 15 is 0 Å². The lowest BCUT2D eigenvalue weighted by molar-refractivity contribution is -0.154. The number of nitrogens with zero attached hydrogens (tertiary/aromatic N) is 7. The zero-order valence-electron chi connectivity index (χ0n) is 29.2. The number of carbonyl (C=O) groups excluding carboxylic acids is 1. The van der Waals surface area contributed by atoms with Crippen LogP contribution < -0.4 is 19.3 Å². The summed E-state index contributed by atoms with van der Waals surface area (Å²) < 4.78 is 29.7. The van der Waals surface area contributed by atoms with Gasteiger partial charge in [-0.15, -0.1) is 5.10 Å².